The van der Waals surface area contributed by atoms with Crippen LogP contribution in [0, 0.1) is 0 Å². The molecule has 1 aliphatic heterocycles. The smallest absolute Gasteiger partial charge is 0.458 e. The molecule has 8 nitrogen and oxygen atoms in total. The zero-order chi connectivity index (χ0) is 22.6. The van der Waals surface area contributed by atoms with Crippen molar-refractivity contribution in [1.29, 1.82) is 0 Å². The molecule has 2 N–H and O–H groups in total. The van der Waals surface area contributed by atoms with Crippen molar-refractivity contribution < 1.29 is 37.4 Å². The fraction of sp³-hybridized carbons (Fsp3) is 0.250. The number of carbonyl (C=O) groups is 2. The van der Waals surface area contributed by atoms with E-state index in [1.54, 1.807) is 24.3 Å². The number of halogens is 3. The number of nitrogens with one attached hydrogen (secondary N) is 1. The SMILES string of the molecule is CN(Nc1ccccc1)C(=O)c1ccc(C2=NOC(OCC(=O)O)(C(F)(F)F)C2)cc1. The van der Waals surface area contributed by atoms with Crippen LogP contribution in [0.4, 0.5) is 18.9 Å². The van der Waals surface area contributed by atoms with Crippen molar-refractivity contribution >= 4 is 23.3 Å². The Morgan fingerprint density at radius 2 is 1.84 bits per heavy atom. The van der Waals surface area contributed by atoms with E-state index in [1.165, 1.54) is 36.3 Å². The molecular weight excluding hydrogens is 419 g/mol. The van der Waals surface area contributed by atoms with Crippen molar-refractivity contribution in [1.82, 2.24) is 5.01 Å². The van der Waals surface area contributed by atoms with Gasteiger partial charge in [-0.1, -0.05) is 35.5 Å². The van der Waals surface area contributed by atoms with Gasteiger partial charge < -0.3 is 14.7 Å². The minimum atomic E-state index is -5.00. The summed E-state index contributed by atoms with van der Waals surface area (Å²) in [6, 6.07) is 14.7. The number of oxime groups is 1. The Hall–Kier alpha value is -3.60. The van der Waals surface area contributed by atoms with E-state index in [0.717, 1.165) is 0 Å². The number of benzene rings is 2. The van der Waals surface area contributed by atoms with Gasteiger partial charge in [0.15, 0.2) is 0 Å². The summed E-state index contributed by atoms with van der Waals surface area (Å²) in [6.45, 7) is -1.20. The fourth-order valence-corrected chi connectivity index (χ4v) is 2.81. The van der Waals surface area contributed by atoms with E-state index >= 15 is 0 Å². The van der Waals surface area contributed by atoms with Crippen molar-refractivity contribution in [3.63, 3.8) is 0 Å². The number of hydrogen-bond acceptors (Lipinski definition) is 6. The molecule has 3 rings (SSSR count). The summed E-state index contributed by atoms with van der Waals surface area (Å²) in [4.78, 5) is 27.7. The monoisotopic (exact) mass is 437 g/mol. The predicted octanol–water partition coefficient (Wildman–Crippen LogP) is 3.27. The Morgan fingerprint density at radius 3 is 2.42 bits per heavy atom. The lowest BCUT2D eigenvalue weighted by Crippen LogP contribution is -2.48. The molecule has 1 unspecified atom stereocenters. The first-order valence-electron chi connectivity index (χ1n) is 8.99. The molecule has 2 aromatic carbocycles. The Balaban J connectivity index is 1.70. The Labute approximate surface area is 174 Å². The predicted molar refractivity (Wildman–Crippen MR) is 103 cm³/mol. The van der Waals surface area contributed by atoms with Crippen molar-refractivity contribution in [2.24, 2.45) is 5.16 Å². The Kier molecular flexibility index (Phi) is 6.16. The summed E-state index contributed by atoms with van der Waals surface area (Å²) in [5.41, 5.74) is 4.10. The van der Waals surface area contributed by atoms with Gasteiger partial charge in [-0.25, -0.2) is 4.79 Å². The number of amides is 1. The van der Waals surface area contributed by atoms with Gasteiger partial charge in [0.2, 0.25) is 0 Å². The van der Waals surface area contributed by atoms with Crippen LogP contribution in [-0.2, 0) is 14.4 Å². The highest BCUT2D eigenvalue weighted by atomic mass is 19.4. The van der Waals surface area contributed by atoms with Crippen LogP contribution in [0.15, 0.2) is 59.8 Å². The third kappa shape index (κ3) is 4.94. The van der Waals surface area contributed by atoms with Crippen LogP contribution in [-0.4, -0.2) is 53.3 Å². The fourth-order valence-electron chi connectivity index (χ4n) is 2.81. The van der Waals surface area contributed by atoms with E-state index < -0.39 is 31.0 Å². The molecule has 0 bridgehead atoms. The largest absolute Gasteiger partial charge is 0.480 e. The van der Waals surface area contributed by atoms with Crippen molar-refractivity contribution in [2.45, 2.75) is 18.4 Å². The van der Waals surface area contributed by atoms with E-state index in [4.69, 9.17) is 5.11 Å². The highest BCUT2D eigenvalue weighted by Gasteiger charge is 2.63. The summed E-state index contributed by atoms with van der Waals surface area (Å²) in [7, 11) is 1.54. The number of anilines is 1. The standard InChI is InChI=1S/C20H18F3N3O5/c1-26(24-15-5-3-2-4-6-15)18(29)14-9-7-13(8-10-14)16-11-19(31-25-16,20(21,22)23)30-12-17(27)28/h2-10,24H,11-12H2,1H3,(H,27,28). The second kappa shape index (κ2) is 8.64. The van der Waals surface area contributed by atoms with Crippen LogP contribution in [0.1, 0.15) is 22.3 Å². The lowest BCUT2D eigenvalue weighted by atomic mass is 10.0. The lowest BCUT2D eigenvalue weighted by Gasteiger charge is -2.27. The molecule has 1 amide bonds. The van der Waals surface area contributed by atoms with E-state index in [0.29, 0.717) is 11.3 Å². The van der Waals surface area contributed by atoms with Gasteiger partial charge in [0.1, 0.15) is 6.61 Å². The number of aliphatic carboxylic acids is 1. The number of rotatable bonds is 7. The van der Waals surface area contributed by atoms with Crippen LogP contribution >= 0.6 is 0 Å². The average Bonchev–Trinajstić information content (AvgIpc) is 3.18. The van der Waals surface area contributed by atoms with Crippen molar-refractivity contribution in [3.8, 4) is 0 Å². The first-order chi connectivity index (χ1) is 14.6. The van der Waals surface area contributed by atoms with E-state index in [9.17, 15) is 22.8 Å². The first-order valence-corrected chi connectivity index (χ1v) is 8.99. The van der Waals surface area contributed by atoms with E-state index in [2.05, 4.69) is 20.2 Å². The zero-order valence-corrected chi connectivity index (χ0v) is 16.2. The van der Waals surface area contributed by atoms with E-state index in [1.807, 2.05) is 6.07 Å². The molecule has 31 heavy (non-hydrogen) atoms. The van der Waals surface area contributed by atoms with Gasteiger partial charge in [0.05, 0.1) is 17.8 Å². The maximum Gasteiger partial charge on any atom is 0.458 e. The van der Waals surface area contributed by atoms with Crippen LogP contribution in [0.3, 0.4) is 0 Å². The van der Waals surface area contributed by atoms with Crippen LogP contribution in [0.5, 0.6) is 0 Å². The summed E-state index contributed by atoms with van der Waals surface area (Å²) in [5.74, 6) is -5.11. The van der Waals surface area contributed by atoms with Gasteiger partial charge in [-0.05, 0) is 29.8 Å². The number of nitrogens with zero attached hydrogens (tertiary/aromatic N) is 2. The molecule has 0 saturated heterocycles. The quantitative estimate of drug-likeness (QED) is 0.645. The number of hydrogen-bond donors (Lipinski definition) is 2. The number of carboxylic acids is 1. The van der Waals surface area contributed by atoms with Gasteiger partial charge in [-0.3, -0.25) is 15.2 Å². The van der Waals surface area contributed by atoms with E-state index in [-0.39, 0.29) is 17.2 Å². The summed E-state index contributed by atoms with van der Waals surface area (Å²) < 4.78 is 44.7. The lowest BCUT2D eigenvalue weighted by molar-refractivity contribution is -0.370. The summed E-state index contributed by atoms with van der Waals surface area (Å²) in [5, 5.41) is 13.3. The minimum absolute atomic E-state index is 0.0857. The first kappa shape index (κ1) is 22.1. The number of para-hydroxylation sites is 1. The van der Waals surface area contributed by atoms with Gasteiger partial charge in [0, 0.05) is 12.6 Å². The third-order valence-electron chi connectivity index (χ3n) is 4.40. The molecule has 0 radical (unpaired) electrons. The van der Waals surface area contributed by atoms with Crippen LogP contribution in [0.25, 0.3) is 0 Å². The van der Waals surface area contributed by atoms with Crippen LogP contribution in [0.2, 0.25) is 0 Å². The number of alkyl halides is 3. The molecule has 164 valence electrons. The van der Waals surface area contributed by atoms with Gasteiger partial charge in [-0.2, -0.15) is 13.2 Å². The number of carbonyl (C=O) groups excluding carboxylic acids is 1. The molecule has 1 heterocycles. The second-order valence-electron chi connectivity index (χ2n) is 6.66. The van der Waals surface area contributed by atoms with Crippen LogP contribution < -0.4 is 5.43 Å². The second-order valence-corrected chi connectivity index (χ2v) is 6.66. The molecule has 0 aliphatic carbocycles. The number of ether oxygens (including phenoxy) is 1. The van der Waals surface area contributed by atoms with Gasteiger partial charge >= 0.3 is 17.9 Å². The summed E-state index contributed by atoms with van der Waals surface area (Å²) in [6.07, 6.45) is -5.83. The maximum absolute atomic E-state index is 13.4. The van der Waals surface area contributed by atoms with Crippen molar-refractivity contribution in [3.05, 3.63) is 65.7 Å². The number of hydrazine groups is 1. The molecular formula is C20H18F3N3O5. The minimum Gasteiger partial charge on any atom is -0.480 e. The van der Waals surface area contributed by atoms with Crippen molar-refractivity contribution in [2.75, 3.05) is 19.1 Å². The molecule has 1 aliphatic rings. The maximum atomic E-state index is 13.4. The molecule has 0 saturated carbocycles. The third-order valence-corrected chi connectivity index (χ3v) is 4.40. The zero-order valence-electron chi connectivity index (χ0n) is 16.2. The average molecular weight is 437 g/mol. The Bertz CT molecular complexity index is 980. The molecule has 0 fully saturated rings. The topological polar surface area (TPSA) is 100 Å². The highest BCUT2D eigenvalue weighted by molar-refractivity contribution is 6.03. The molecule has 11 heteroatoms. The molecule has 0 aromatic heterocycles. The Morgan fingerprint density at radius 1 is 1.19 bits per heavy atom. The number of carboxylic acid groups (broad SMARTS) is 1. The molecule has 1 atom stereocenters. The summed E-state index contributed by atoms with van der Waals surface area (Å²) >= 11 is 0. The van der Waals surface area contributed by atoms with Gasteiger partial charge in [0.25, 0.3) is 5.91 Å². The highest BCUT2D eigenvalue weighted by Crippen LogP contribution is 2.42. The van der Waals surface area contributed by atoms with Gasteiger partial charge in [-0.15, -0.1) is 0 Å². The molecule has 2 aromatic rings. The molecule has 0 spiro atoms. The normalized spacial score (nSPS) is 18.1.